The lowest BCUT2D eigenvalue weighted by Crippen LogP contribution is -2.49. The summed E-state index contributed by atoms with van der Waals surface area (Å²) >= 11 is 0. The van der Waals surface area contributed by atoms with Crippen molar-refractivity contribution in [2.24, 2.45) is 5.92 Å². The van der Waals surface area contributed by atoms with Gasteiger partial charge in [0, 0.05) is 69.5 Å². The summed E-state index contributed by atoms with van der Waals surface area (Å²) in [6.07, 6.45) is 5.51. The van der Waals surface area contributed by atoms with E-state index in [1.807, 2.05) is 12.1 Å². The van der Waals surface area contributed by atoms with E-state index < -0.39 is 0 Å². The molecule has 0 bridgehead atoms. The van der Waals surface area contributed by atoms with Gasteiger partial charge in [-0.2, -0.15) is 0 Å². The summed E-state index contributed by atoms with van der Waals surface area (Å²) in [4.78, 5) is 31.5. The number of aromatic hydroxyl groups is 1. The van der Waals surface area contributed by atoms with Crippen LogP contribution in [0.1, 0.15) is 77.7 Å². The molecule has 258 valence electrons. The number of carbonyl (C=O) groups is 2. The van der Waals surface area contributed by atoms with Crippen molar-refractivity contribution in [3.63, 3.8) is 0 Å². The third-order valence-corrected chi connectivity index (χ3v) is 11.8. The summed E-state index contributed by atoms with van der Waals surface area (Å²) in [5, 5.41) is 12.7. The lowest BCUT2D eigenvalue weighted by atomic mass is 9.69. The van der Waals surface area contributed by atoms with E-state index >= 15 is 0 Å². The summed E-state index contributed by atoms with van der Waals surface area (Å²) < 4.78 is 0. The van der Waals surface area contributed by atoms with Crippen LogP contribution in [0.15, 0.2) is 97.1 Å². The largest absolute Gasteiger partial charge is 0.508 e. The molecule has 7 nitrogen and oxygen atoms in total. The van der Waals surface area contributed by atoms with Gasteiger partial charge in [0.1, 0.15) is 5.75 Å². The van der Waals surface area contributed by atoms with Gasteiger partial charge in [0.25, 0.3) is 0 Å². The lowest BCUT2D eigenvalue weighted by Gasteiger charge is -2.40. The molecule has 2 amide bonds. The van der Waals surface area contributed by atoms with Crippen LogP contribution in [0.25, 0.3) is 0 Å². The van der Waals surface area contributed by atoms with Crippen molar-refractivity contribution in [1.29, 1.82) is 0 Å². The Morgan fingerprint density at radius 2 is 1.30 bits per heavy atom. The number of phenolic OH excluding ortho intramolecular Hbond substituents is 1. The minimum atomic E-state index is -0.228. The SMILES string of the molecule is O=C1CCC(c2ccc(N3CCN(CC4CCN(c5ccc([C@H]6c7ccc(O)cc7CC[C@H]6c6ccccc6)cc5)CC4)CC3)cc2)C(=O)N1. The number of nitrogens with one attached hydrogen (secondary N) is 1. The number of piperazine rings is 1. The van der Waals surface area contributed by atoms with E-state index in [1.165, 1.54) is 53.0 Å². The zero-order valence-corrected chi connectivity index (χ0v) is 28.8. The predicted octanol–water partition coefficient (Wildman–Crippen LogP) is 6.81. The highest BCUT2D eigenvalue weighted by atomic mass is 16.3. The number of imide groups is 1. The highest BCUT2D eigenvalue weighted by molar-refractivity contribution is 6.00. The normalized spacial score (nSPS) is 23.4. The van der Waals surface area contributed by atoms with Gasteiger partial charge in [-0.3, -0.25) is 19.8 Å². The van der Waals surface area contributed by atoms with Gasteiger partial charge in [0.05, 0.1) is 5.92 Å². The van der Waals surface area contributed by atoms with Crippen LogP contribution >= 0.6 is 0 Å². The van der Waals surface area contributed by atoms with Gasteiger partial charge in [-0.15, -0.1) is 0 Å². The Hall–Kier alpha value is -4.62. The first-order chi connectivity index (χ1) is 24.5. The molecule has 4 aromatic carbocycles. The zero-order valence-electron chi connectivity index (χ0n) is 28.8. The van der Waals surface area contributed by atoms with Crippen LogP contribution in [0, 0.1) is 5.92 Å². The summed E-state index contributed by atoms with van der Waals surface area (Å²) in [6, 6.07) is 34.7. The van der Waals surface area contributed by atoms with Crippen molar-refractivity contribution in [1.82, 2.24) is 10.2 Å². The van der Waals surface area contributed by atoms with Crippen molar-refractivity contribution >= 4 is 23.2 Å². The van der Waals surface area contributed by atoms with Gasteiger partial charge in [0.15, 0.2) is 0 Å². The Kier molecular flexibility index (Phi) is 9.33. The molecule has 0 spiro atoms. The van der Waals surface area contributed by atoms with Crippen molar-refractivity contribution in [2.45, 2.75) is 56.3 Å². The minimum Gasteiger partial charge on any atom is -0.508 e. The molecule has 1 unspecified atom stereocenters. The molecule has 4 aliphatic rings. The fraction of sp³-hybridized carbons (Fsp3) is 0.395. The molecule has 0 aromatic heterocycles. The second-order valence-corrected chi connectivity index (χ2v) is 14.8. The number of phenols is 1. The number of aryl methyl sites for hydroxylation is 1. The second-order valence-electron chi connectivity index (χ2n) is 14.8. The number of fused-ring (bicyclic) bond motifs is 1. The fourth-order valence-electron chi connectivity index (χ4n) is 9.03. The molecule has 2 N–H and O–H groups in total. The van der Waals surface area contributed by atoms with E-state index in [4.69, 9.17) is 0 Å². The van der Waals surface area contributed by atoms with E-state index in [9.17, 15) is 14.7 Å². The molecule has 3 atom stereocenters. The van der Waals surface area contributed by atoms with Crippen LogP contribution in [-0.2, 0) is 16.0 Å². The molecular weight excluding hydrogens is 620 g/mol. The van der Waals surface area contributed by atoms with Gasteiger partial charge in [-0.1, -0.05) is 60.7 Å². The summed E-state index contributed by atoms with van der Waals surface area (Å²) in [7, 11) is 0. The smallest absolute Gasteiger partial charge is 0.234 e. The van der Waals surface area contributed by atoms with Crippen LogP contribution in [0.3, 0.4) is 0 Å². The number of anilines is 2. The number of hydrogen-bond donors (Lipinski definition) is 2. The number of nitrogens with zero attached hydrogens (tertiary/aromatic N) is 3. The Balaban J connectivity index is 0.842. The van der Waals surface area contributed by atoms with Crippen molar-refractivity contribution in [2.75, 3.05) is 55.6 Å². The first-order valence-corrected chi connectivity index (χ1v) is 18.6. The Labute approximate surface area is 295 Å². The van der Waals surface area contributed by atoms with Gasteiger partial charge in [-0.25, -0.2) is 0 Å². The highest BCUT2D eigenvalue weighted by Crippen LogP contribution is 2.47. The summed E-state index contributed by atoms with van der Waals surface area (Å²) in [5.41, 5.74) is 8.90. The van der Waals surface area contributed by atoms with E-state index in [2.05, 4.69) is 105 Å². The van der Waals surface area contributed by atoms with Crippen LogP contribution in [-0.4, -0.2) is 67.6 Å². The third kappa shape index (κ3) is 6.88. The molecule has 4 aromatic rings. The van der Waals surface area contributed by atoms with Gasteiger partial charge in [0.2, 0.25) is 11.8 Å². The molecule has 7 heteroatoms. The minimum absolute atomic E-state index is 0.167. The molecule has 0 saturated carbocycles. The third-order valence-electron chi connectivity index (χ3n) is 11.8. The molecular formula is C43H48N4O3. The summed E-state index contributed by atoms with van der Waals surface area (Å²) in [6.45, 7) is 7.55. The van der Waals surface area contributed by atoms with Crippen molar-refractivity contribution < 1.29 is 14.7 Å². The molecule has 8 rings (SSSR count). The Bertz CT molecular complexity index is 1790. The van der Waals surface area contributed by atoms with E-state index in [-0.39, 0.29) is 23.7 Å². The standard InChI is InChI=1S/C43H48N4O3/c48-37-15-17-39-34(28-37)10-16-38(31-4-2-1-3-5-31)42(39)33-8-13-35(14-9-33)46-22-20-30(21-23-46)29-45-24-26-47(27-25-45)36-11-6-32(7-12-36)40-18-19-41(49)44-43(40)50/h1-9,11-15,17,28,30,38,40,42,48H,10,16,18-27,29H2,(H,44,49,50)/t38-,40?,42+/m0/s1. The van der Waals surface area contributed by atoms with Crippen LogP contribution in [0.2, 0.25) is 0 Å². The van der Waals surface area contributed by atoms with E-state index in [0.717, 1.165) is 63.6 Å². The number of carbonyl (C=O) groups excluding carboxylic acids is 2. The molecule has 3 aliphatic heterocycles. The first-order valence-electron chi connectivity index (χ1n) is 18.6. The molecule has 3 saturated heterocycles. The van der Waals surface area contributed by atoms with E-state index in [0.29, 0.717) is 24.5 Å². The fourth-order valence-corrected chi connectivity index (χ4v) is 9.03. The average molecular weight is 669 g/mol. The van der Waals surface area contributed by atoms with Crippen LogP contribution in [0.5, 0.6) is 5.75 Å². The number of rotatable bonds is 7. The van der Waals surface area contributed by atoms with Crippen LogP contribution < -0.4 is 15.1 Å². The van der Waals surface area contributed by atoms with E-state index in [1.54, 1.807) is 0 Å². The van der Waals surface area contributed by atoms with Gasteiger partial charge < -0.3 is 14.9 Å². The van der Waals surface area contributed by atoms with Crippen molar-refractivity contribution in [3.05, 3.63) is 125 Å². The lowest BCUT2D eigenvalue weighted by molar-refractivity contribution is -0.134. The Morgan fingerprint density at radius 1 is 0.640 bits per heavy atom. The summed E-state index contributed by atoms with van der Waals surface area (Å²) in [5.74, 6) is 1.21. The van der Waals surface area contributed by atoms with Crippen LogP contribution in [0.4, 0.5) is 11.4 Å². The monoisotopic (exact) mass is 668 g/mol. The maximum Gasteiger partial charge on any atom is 0.234 e. The zero-order chi connectivity index (χ0) is 34.0. The number of benzene rings is 4. The second kappa shape index (κ2) is 14.3. The number of piperidine rings is 2. The Morgan fingerprint density at radius 3 is 1.98 bits per heavy atom. The predicted molar refractivity (Wildman–Crippen MR) is 199 cm³/mol. The van der Waals surface area contributed by atoms with Gasteiger partial charge in [-0.05, 0) is 108 Å². The average Bonchev–Trinajstić information content (AvgIpc) is 3.15. The molecule has 50 heavy (non-hydrogen) atoms. The molecule has 0 radical (unpaired) electrons. The highest BCUT2D eigenvalue weighted by Gasteiger charge is 2.33. The molecule has 3 fully saturated rings. The maximum absolute atomic E-state index is 12.3. The maximum atomic E-state index is 12.3. The number of amides is 2. The quantitative estimate of drug-likeness (QED) is 0.211. The topological polar surface area (TPSA) is 76.1 Å². The van der Waals surface area contributed by atoms with Crippen molar-refractivity contribution in [3.8, 4) is 5.75 Å². The number of hydrogen-bond acceptors (Lipinski definition) is 6. The first kappa shape index (κ1) is 32.6. The molecule has 1 aliphatic carbocycles. The van der Waals surface area contributed by atoms with Gasteiger partial charge >= 0.3 is 0 Å². The molecule has 3 heterocycles.